The Hall–Kier alpha value is -4.01. The molecular weight excluding hydrogens is 482 g/mol. The van der Waals surface area contributed by atoms with Crippen molar-refractivity contribution in [2.75, 3.05) is 11.4 Å². The van der Waals surface area contributed by atoms with Gasteiger partial charge in [0.25, 0.3) is 5.56 Å². The van der Waals surface area contributed by atoms with E-state index in [1.54, 1.807) is 12.3 Å². The number of hydrogen-bond donors (Lipinski definition) is 1. The highest BCUT2D eigenvalue weighted by molar-refractivity contribution is 6.20. The van der Waals surface area contributed by atoms with Crippen molar-refractivity contribution in [3.8, 4) is 0 Å². The van der Waals surface area contributed by atoms with Gasteiger partial charge in [0.05, 0.1) is 11.6 Å². The molecule has 9 heteroatoms. The van der Waals surface area contributed by atoms with E-state index in [2.05, 4.69) is 5.32 Å². The van der Waals surface area contributed by atoms with Crippen LogP contribution in [0.2, 0.25) is 0 Å². The zero-order valence-electron chi connectivity index (χ0n) is 21.3. The lowest BCUT2D eigenvalue weighted by atomic mass is 9.65. The monoisotopic (exact) mass is 511 g/mol. The molecule has 3 aromatic rings. The summed E-state index contributed by atoms with van der Waals surface area (Å²) in [5.41, 5.74) is 1.75. The minimum absolute atomic E-state index is 0.109. The van der Waals surface area contributed by atoms with Crippen molar-refractivity contribution < 1.29 is 14.4 Å². The fourth-order valence-corrected chi connectivity index (χ4v) is 7.16. The standard InChI is InChI=1S/C29H29N5O4/c1-17-8-7-14-33-23(17)30-24-21(25(33)35)16-29(22-20-12-6-5-9-18(20)13-15-32(22)24)26(36)31-28(38)34(27(29)37)19-10-3-2-4-11-19/h5-9,12,14,19,22H,2-4,10-11,13,15-16H2,1H3,(H,31,36,38)/t22-,29-/m1/s1. The highest BCUT2D eigenvalue weighted by atomic mass is 16.2. The van der Waals surface area contributed by atoms with Gasteiger partial charge in [-0.3, -0.25) is 29.0 Å². The third-order valence-electron chi connectivity index (χ3n) is 8.98. The first-order chi connectivity index (χ1) is 18.4. The van der Waals surface area contributed by atoms with Crippen LogP contribution in [0, 0.1) is 12.3 Å². The van der Waals surface area contributed by atoms with Gasteiger partial charge in [0.15, 0.2) is 5.41 Å². The molecule has 1 N–H and O–H groups in total. The van der Waals surface area contributed by atoms with E-state index in [-0.39, 0.29) is 18.0 Å². The van der Waals surface area contributed by atoms with Crippen molar-refractivity contribution in [1.82, 2.24) is 19.6 Å². The molecule has 5 heterocycles. The summed E-state index contributed by atoms with van der Waals surface area (Å²) in [4.78, 5) is 63.9. The molecule has 1 aliphatic carbocycles. The van der Waals surface area contributed by atoms with Crippen molar-refractivity contribution >= 4 is 29.3 Å². The molecule has 2 fully saturated rings. The summed E-state index contributed by atoms with van der Waals surface area (Å²) in [6.07, 6.45) is 6.62. The van der Waals surface area contributed by atoms with Gasteiger partial charge in [0.1, 0.15) is 11.5 Å². The maximum absolute atomic E-state index is 14.6. The summed E-state index contributed by atoms with van der Waals surface area (Å²) in [5.74, 6) is -0.606. The van der Waals surface area contributed by atoms with Gasteiger partial charge in [-0.05, 0) is 48.9 Å². The van der Waals surface area contributed by atoms with E-state index in [0.717, 1.165) is 48.8 Å². The molecule has 4 amide bonds. The number of fused-ring (bicyclic) bond motifs is 7. The van der Waals surface area contributed by atoms with Gasteiger partial charge in [0, 0.05) is 25.2 Å². The van der Waals surface area contributed by atoms with E-state index in [1.165, 1.54) is 9.30 Å². The van der Waals surface area contributed by atoms with E-state index in [1.807, 2.05) is 42.2 Å². The molecule has 1 saturated heterocycles. The van der Waals surface area contributed by atoms with Crippen molar-refractivity contribution in [2.45, 2.75) is 64.0 Å². The zero-order valence-corrected chi connectivity index (χ0v) is 21.3. The van der Waals surface area contributed by atoms with Crippen LogP contribution in [0.4, 0.5) is 10.6 Å². The van der Waals surface area contributed by atoms with Gasteiger partial charge < -0.3 is 4.90 Å². The number of carbonyl (C=O) groups is 3. The first-order valence-electron chi connectivity index (χ1n) is 13.5. The fraction of sp³-hybridized carbons (Fsp3) is 0.414. The van der Waals surface area contributed by atoms with Gasteiger partial charge in [-0.1, -0.05) is 49.6 Å². The van der Waals surface area contributed by atoms with Crippen LogP contribution in [0.5, 0.6) is 0 Å². The first-order valence-corrected chi connectivity index (χ1v) is 13.5. The van der Waals surface area contributed by atoms with Gasteiger partial charge >= 0.3 is 6.03 Å². The van der Waals surface area contributed by atoms with E-state index in [4.69, 9.17) is 4.98 Å². The van der Waals surface area contributed by atoms with Crippen LogP contribution >= 0.6 is 0 Å². The van der Waals surface area contributed by atoms with E-state index in [0.29, 0.717) is 30.0 Å². The molecule has 0 bridgehead atoms. The molecule has 4 aliphatic rings. The Balaban J connectivity index is 1.50. The molecule has 3 aliphatic heterocycles. The van der Waals surface area contributed by atoms with Gasteiger partial charge in [-0.15, -0.1) is 0 Å². The smallest absolute Gasteiger partial charge is 0.331 e. The summed E-state index contributed by atoms with van der Waals surface area (Å²) in [6, 6.07) is 9.97. The van der Waals surface area contributed by atoms with Crippen LogP contribution in [0.25, 0.3) is 5.65 Å². The number of aromatic nitrogens is 2. The second-order valence-electron chi connectivity index (χ2n) is 11.0. The van der Waals surface area contributed by atoms with Gasteiger partial charge in [-0.25, -0.2) is 9.78 Å². The average molecular weight is 512 g/mol. The molecule has 194 valence electrons. The highest BCUT2D eigenvalue weighted by Crippen LogP contribution is 2.53. The predicted molar refractivity (Wildman–Crippen MR) is 140 cm³/mol. The number of rotatable bonds is 1. The Bertz CT molecular complexity index is 1590. The third-order valence-corrected chi connectivity index (χ3v) is 8.98. The number of aryl methyl sites for hydroxylation is 1. The quantitative estimate of drug-likeness (QED) is 0.504. The number of anilines is 1. The molecule has 1 spiro atoms. The summed E-state index contributed by atoms with van der Waals surface area (Å²) < 4.78 is 1.50. The fourth-order valence-electron chi connectivity index (χ4n) is 7.16. The lowest BCUT2D eigenvalue weighted by Crippen LogP contribution is -2.71. The molecule has 1 saturated carbocycles. The Labute approximate surface area is 219 Å². The van der Waals surface area contributed by atoms with Gasteiger partial charge in [0.2, 0.25) is 11.8 Å². The average Bonchev–Trinajstić information content (AvgIpc) is 2.93. The second kappa shape index (κ2) is 8.24. The SMILES string of the molecule is Cc1cccn2c(=O)c3c(nc12)N1CCc2ccccc2[C@@H]1[C@]1(C3)C(=O)NC(=O)N(C2CCCCC2)C1=O. The summed E-state index contributed by atoms with van der Waals surface area (Å²) in [6.45, 7) is 2.41. The van der Waals surface area contributed by atoms with E-state index in [9.17, 15) is 19.2 Å². The van der Waals surface area contributed by atoms with Crippen molar-refractivity contribution in [1.29, 1.82) is 0 Å². The number of hydrogen-bond acceptors (Lipinski definition) is 6. The number of imide groups is 2. The van der Waals surface area contributed by atoms with Crippen molar-refractivity contribution in [2.24, 2.45) is 5.41 Å². The number of carbonyl (C=O) groups excluding carboxylic acids is 3. The molecule has 38 heavy (non-hydrogen) atoms. The molecule has 2 aromatic heterocycles. The maximum Gasteiger partial charge on any atom is 0.331 e. The number of benzene rings is 1. The van der Waals surface area contributed by atoms with Crippen molar-refractivity contribution in [3.63, 3.8) is 0 Å². The predicted octanol–water partition coefficient (Wildman–Crippen LogP) is 3.06. The first kappa shape index (κ1) is 23.1. The molecule has 0 radical (unpaired) electrons. The zero-order chi connectivity index (χ0) is 26.2. The molecule has 2 atom stereocenters. The minimum atomic E-state index is -1.66. The molecule has 0 unspecified atom stereocenters. The van der Waals surface area contributed by atoms with Crippen LogP contribution in [0.1, 0.15) is 60.4 Å². The number of urea groups is 1. The molecule has 9 nitrogen and oxygen atoms in total. The van der Waals surface area contributed by atoms with Crippen LogP contribution in [-0.2, 0) is 22.4 Å². The normalized spacial score (nSPS) is 25.3. The lowest BCUT2D eigenvalue weighted by molar-refractivity contribution is -0.156. The van der Waals surface area contributed by atoms with Crippen LogP contribution < -0.4 is 15.8 Å². The second-order valence-corrected chi connectivity index (χ2v) is 11.0. The summed E-state index contributed by atoms with van der Waals surface area (Å²) in [5, 5.41) is 2.55. The van der Waals surface area contributed by atoms with Gasteiger partial charge in [-0.2, -0.15) is 0 Å². The summed E-state index contributed by atoms with van der Waals surface area (Å²) >= 11 is 0. The number of barbiturate groups is 1. The maximum atomic E-state index is 14.6. The summed E-state index contributed by atoms with van der Waals surface area (Å²) in [7, 11) is 0. The highest BCUT2D eigenvalue weighted by Gasteiger charge is 2.64. The number of amides is 4. The largest absolute Gasteiger partial charge is 0.347 e. The Morgan fingerprint density at radius 3 is 2.61 bits per heavy atom. The van der Waals surface area contributed by atoms with E-state index < -0.39 is 29.3 Å². The third kappa shape index (κ3) is 3.01. The number of nitrogens with zero attached hydrogens (tertiary/aromatic N) is 4. The molecule has 7 rings (SSSR count). The number of pyridine rings is 1. The molecular formula is C29H29N5O4. The minimum Gasteiger partial charge on any atom is -0.347 e. The Morgan fingerprint density at radius 2 is 1.79 bits per heavy atom. The van der Waals surface area contributed by atoms with Crippen LogP contribution in [0.15, 0.2) is 47.4 Å². The Kier molecular flexibility index (Phi) is 5.02. The molecule has 1 aromatic carbocycles. The van der Waals surface area contributed by atoms with Crippen LogP contribution in [-0.4, -0.2) is 44.7 Å². The Morgan fingerprint density at radius 1 is 1.00 bits per heavy atom. The lowest BCUT2D eigenvalue weighted by Gasteiger charge is -2.54. The number of nitrogens with one attached hydrogen (secondary N) is 1. The van der Waals surface area contributed by atoms with Crippen LogP contribution in [0.3, 0.4) is 0 Å². The van der Waals surface area contributed by atoms with Crippen molar-refractivity contribution in [3.05, 3.63) is 75.2 Å². The topological polar surface area (TPSA) is 104 Å². The van der Waals surface area contributed by atoms with E-state index >= 15 is 0 Å².